The normalized spacial score (nSPS) is 17.4. The van der Waals surface area contributed by atoms with E-state index >= 15 is 0 Å². The predicted molar refractivity (Wildman–Crippen MR) is 113 cm³/mol. The van der Waals surface area contributed by atoms with Crippen molar-refractivity contribution >= 4 is 22.8 Å². The number of fused-ring (bicyclic) bond motifs is 1. The number of aromatic nitrogens is 1. The molecule has 0 unspecified atom stereocenters. The quantitative estimate of drug-likeness (QED) is 0.622. The molecule has 150 valence electrons. The molecule has 0 spiro atoms. The summed E-state index contributed by atoms with van der Waals surface area (Å²) >= 11 is 0. The van der Waals surface area contributed by atoms with Crippen LogP contribution in [0.4, 0.5) is 0 Å². The number of carbonyl (C=O) groups is 2. The summed E-state index contributed by atoms with van der Waals surface area (Å²) in [6, 6.07) is 15.2. The number of ether oxygens (including phenoxy) is 1. The molecule has 0 N–H and O–H groups in total. The fourth-order valence-corrected chi connectivity index (χ4v) is 4.20. The zero-order valence-corrected chi connectivity index (χ0v) is 16.9. The van der Waals surface area contributed by atoms with Crippen molar-refractivity contribution in [2.24, 2.45) is 5.92 Å². The summed E-state index contributed by atoms with van der Waals surface area (Å²) in [6.45, 7) is 5.48. The van der Waals surface area contributed by atoms with E-state index in [1.165, 1.54) is 30.1 Å². The van der Waals surface area contributed by atoms with E-state index in [9.17, 15) is 9.59 Å². The predicted octanol–water partition coefficient (Wildman–Crippen LogP) is 4.35. The van der Waals surface area contributed by atoms with Crippen molar-refractivity contribution in [1.82, 2.24) is 9.47 Å². The number of carbonyl (C=O) groups excluding carboxylic acids is 2. The van der Waals surface area contributed by atoms with E-state index in [0.717, 1.165) is 25.6 Å². The lowest BCUT2D eigenvalue weighted by Crippen LogP contribution is -2.33. The Bertz CT molecular complexity index is 1040. The van der Waals surface area contributed by atoms with Crippen molar-refractivity contribution in [2.75, 3.05) is 20.2 Å². The standard InChI is InChI=1S/C24H26N2O3/c1-17-6-5-13-25(14-17)15-18-9-11-19(12-10-18)23(27)26-16-21(24(28)29-2)20-7-3-4-8-22(20)26/h3-4,7-12,16-17H,5-6,13-15H2,1-2H3/t17-/m1/s1. The van der Waals surface area contributed by atoms with Gasteiger partial charge in [0.05, 0.1) is 18.2 Å². The molecule has 4 rings (SSSR count). The van der Waals surface area contributed by atoms with Crippen LogP contribution >= 0.6 is 0 Å². The van der Waals surface area contributed by atoms with Gasteiger partial charge in [-0.05, 0) is 49.1 Å². The Labute approximate surface area is 170 Å². The molecule has 0 amide bonds. The maximum absolute atomic E-state index is 13.1. The maximum atomic E-state index is 13.1. The monoisotopic (exact) mass is 390 g/mol. The molecule has 2 heterocycles. The summed E-state index contributed by atoms with van der Waals surface area (Å²) in [6.07, 6.45) is 4.13. The molecule has 1 aromatic heterocycles. The summed E-state index contributed by atoms with van der Waals surface area (Å²) in [5.74, 6) is 0.143. The fourth-order valence-electron chi connectivity index (χ4n) is 4.20. The molecule has 1 saturated heterocycles. The van der Waals surface area contributed by atoms with Gasteiger partial charge < -0.3 is 4.74 Å². The Morgan fingerprint density at radius 3 is 2.59 bits per heavy atom. The van der Waals surface area contributed by atoms with Gasteiger partial charge in [0.2, 0.25) is 0 Å². The summed E-state index contributed by atoms with van der Waals surface area (Å²) in [7, 11) is 1.35. The van der Waals surface area contributed by atoms with Gasteiger partial charge in [-0.2, -0.15) is 0 Å². The molecule has 5 nitrogen and oxygen atoms in total. The Balaban J connectivity index is 1.58. The molecule has 0 aliphatic carbocycles. The van der Waals surface area contributed by atoms with E-state index in [2.05, 4.69) is 11.8 Å². The van der Waals surface area contributed by atoms with Gasteiger partial charge in [-0.1, -0.05) is 37.3 Å². The van der Waals surface area contributed by atoms with Crippen LogP contribution in [-0.4, -0.2) is 41.5 Å². The Hall–Kier alpha value is -2.92. The summed E-state index contributed by atoms with van der Waals surface area (Å²) in [4.78, 5) is 27.7. The number of para-hydroxylation sites is 1. The molecule has 1 aliphatic rings. The van der Waals surface area contributed by atoms with Gasteiger partial charge in [0.1, 0.15) is 0 Å². The van der Waals surface area contributed by atoms with Crippen LogP contribution in [0.1, 0.15) is 46.0 Å². The molecular formula is C24H26N2O3. The smallest absolute Gasteiger partial charge is 0.340 e. The zero-order valence-electron chi connectivity index (χ0n) is 16.9. The zero-order chi connectivity index (χ0) is 20.4. The van der Waals surface area contributed by atoms with Crippen LogP contribution in [0, 0.1) is 5.92 Å². The Morgan fingerprint density at radius 2 is 1.86 bits per heavy atom. The lowest BCUT2D eigenvalue weighted by molar-refractivity contribution is 0.0603. The van der Waals surface area contributed by atoms with Crippen molar-refractivity contribution in [3.63, 3.8) is 0 Å². The minimum atomic E-state index is -0.446. The number of rotatable bonds is 4. The number of nitrogens with zero attached hydrogens (tertiary/aromatic N) is 2. The molecule has 29 heavy (non-hydrogen) atoms. The van der Waals surface area contributed by atoms with Gasteiger partial charge in [0, 0.05) is 30.2 Å². The van der Waals surface area contributed by atoms with Crippen LogP contribution in [0.5, 0.6) is 0 Å². The molecule has 1 fully saturated rings. The van der Waals surface area contributed by atoms with Crippen LogP contribution in [0.3, 0.4) is 0 Å². The molecule has 0 radical (unpaired) electrons. The van der Waals surface area contributed by atoms with Crippen molar-refractivity contribution in [3.8, 4) is 0 Å². The highest BCUT2D eigenvalue weighted by molar-refractivity contribution is 6.09. The SMILES string of the molecule is COC(=O)c1cn(C(=O)c2ccc(CN3CCC[C@@H](C)C3)cc2)c2ccccc12. The average Bonchev–Trinajstić information content (AvgIpc) is 3.13. The number of likely N-dealkylation sites (tertiary alicyclic amines) is 1. The topological polar surface area (TPSA) is 51.5 Å². The first kappa shape index (κ1) is 19.4. The number of methoxy groups -OCH3 is 1. The van der Waals surface area contributed by atoms with Gasteiger partial charge in [-0.3, -0.25) is 14.3 Å². The summed E-state index contributed by atoms with van der Waals surface area (Å²) in [5, 5.41) is 0.712. The first-order valence-electron chi connectivity index (χ1n) is 10.1. The number of hydrogen-bond acceptors (Lipinski definition) is 4. The van der Waals surface area contributed by atoms with E-state index in [0.29, 0.717) is 22.0 Å². The van der Waals surface area contributed by atoms with Crippen molar-refractivity contribution in [3.05, 3.63) is 71.4 Å². The molecule has 1 atom stereocenters. The molecule has 1 aliphatic heterocycles. The van der Waals surface area contributed by atoms with E-state index in [4.69, 9.17) is 4.74 Å². The van der Waals surface area contributed by atoms with Crippen LogP contribution in [-0.2, 0) is 11.3 Å². The maximum Gasteiger partial charge on any atom is 0.340 e. The molecule has 2 aromatic carbocycles. The van der Waals surface area contributed by atoms with Crippen molar-refractivity contribution < 1.29 is 14.3 Å². The minimum absolute atomic E-state index is 0.158. The number of esters is 1. The van der Waals surface area contributed by atoms with E-state index in [1.807, 2.05) is 48.5 Å². The third-order valence-electron chi connectivity index (χ3n) is 5.68. The van der Waals surface area contributed by atoms with Crippen molar-refractivity contribution in [2.45, 2.75) is 26.3 Å². The third-order valence-corrected chi connectivity index (χ3v) is 5.68. The second-order valence-electron chi connectivity index (χ2n) is 7.91. The second kappa shape index (κ2) is 8.21. The van der Waals surface area contributed by atoms with Crippen LogP contribution in [0.2, 0.25) is 0 Å². The highest BCUT2D eigenvalue weighted by Gasteiger charge is 2.20. The first-order valence-corrected chi connectivity index (χ1v) is 10.1. The third kappa shape index (κ3) is 3.96. The number of piperidine rings is 1. The lowest BCUT2D eigenvalue weighted by atomic mass is 9.99. The summed E-state index contributed by atoms with van der Waals surface area (Å²) < 4.78 is 6.40. The van der Waals surface area contributed by atoms with Gasteiger partial charge in [0.15, 0.2) is 0 Å². The largest absolute Gasteiger partial charge is 0.465 e. The highest BCUT2D eigenvalue weighted by Crippen LogP contribution is 2.24. The van der Waals surface area contributed by atoms with Gasteiger partial charge in [0.25, 0.3) is 5.91 Å². The highest BCUT2D eigenvalue weighted by atomic mass is 16.5. The molecule has 0 saturated carbocycles. The average molecular weight is 390 g/mol. The van der Waals surface area contributed by atoms with E-state index in [1.54, 1.807) is 6.20 Å². The lowest BCUT2D eigenvalue weighted by Gasteiger charge is -2.30. The Kier molecular flexibility index (Phi) is 5.49. The van der Waals surface area contributed by atoms with Gasteiger partial charge >= 0.3 is 5.97 Å². The number of hydrogen-bond donors (Lipinski definition) is 0. The van der Waals surface area contributed by atoms with E-state index < -0.39 is 5.97 Å². The molecule has 5 heteroatoms. The molecular weight excluding hydrogens is 364 g/mol. The van der Waals surface area contributed by atoms with E-state index in [-0.39, 0.29) is 5.91 Å². The first-order chi connectivity index (χ1) is 14.1. The van der Waals surface area contributed by atoms with Crippen LogP contribution in [0.15, 0.2) is 54.7 Å². The fraction of sp³-hybridized carbons (Fsp3) is 0.333. The molecule has 0 bridgehead atoms. The minimum Gasteiger partial charge on any atom is -0.465 e. The second-order valence-corrected chi connectivity index (χ2v) is 7.91. The van der Waals surface area contributed by atoms with Gasteiger partial charge in [-0.15, -0.1) is 0 Å². The Morgan fingerprint density at radius 1 is 1.10 bits per heavy atom. The van der Waals surface area contributed by atoms with Crippen LogP contribution < -0.4 is 0 Å². The summed E-state index contributed by atoms with van der Waals surface area (Å²) in [5.41, 5.74) is 2.90. The van der Waals surface area contributed by atoms with Gasteiger partial charge in [-0.25, -0.2) is 4.79 Å². The van der Waals surface area contributed by atoms with Crippen molar-refractivity contribution in [1.29, 1.82) is 0 Å². The van der Waals surface area contributed by atoms with Crippen LogP contribution in [0.25, 0.3) is 10.9 Å². The number of benzene rings is 2. The molecule has 3 aromatic rings.